The summed E-state index contributed by atoms with van der Waals surface area (Å²) in [6.07, 6.45) is 3.39. The third kappa shape index (κ3) is 1.88. The van der Waals surface area contributed by atoms with E-state index >= 15 is 0 Å². The van der Waals surface area contributed by atoms with Crippen molar-refractivity contribution in [2.24, 2.45) is 0 Å². The summed E-state index contributed by atoms with van der Waals surface area (Å²) < 4.78 is 1.07. The lowest BCUT2D eigenvalue weighted by molar-refractivity contribution is -0.139. The quantitative estimate of drug-likeness (QED) is 0.919. The molecule has 1 aliphatic rings. The predicted octanol–water partition coefficient (Wildman–Crippen LogP) is 3.65. The summed E-state index contributed by atoms with van der Waals surface area (Å²) in [6, 6.07) is 6.07. The molecule has 1 fully saturated rings. The van der Waals surface area contributed by atoms with Crippen molar-refractivity contribution in [3.63, 3.8) is 0 Å². The molecule has 1 aliphatic carbocycles. The molecule has 2 nitrogen and oxygen atoms in total. The number of hydrogen-bond donors (Lipinski definition) is 1. The second-order valence-electron chi connectivity index (χ2n) is 4.62. The molecule has 3 heteroatoms. The topological polar surface area (TPSA) is 37.3 Å². The van der Waals surface area contributed by atoms with Gasteiger partial charge in [-0.05, 0) is 37.0 Å². The molecular weight excluding hydrogens is 268 g/mol. The van der Waals surface area contributed by atoms with Crippen molar-refractivity contribution in [2.75, 3.05) is 0 Å². The van der Waals surface area contributed by atoms with Crippen LogP contribution in [0.1, 0.15) is 36.8 Å². The number of aliphatic carboxylic acids is 1. The van der Waals surface area contributed by atoms with Gasteiger partial charge in [0.05, 0.1) is 6.42 Å². The van der Waals surface area contributed by atoms with Gasteiger partial charge in [0.2, 0.25) is 0 Å². The van der Waals surface area contributed by atoms with E-state index in [1.807, 2.05) is 12.1 Å². The molecule has 1 saturated carbocycles. The second kappa shape index (κ2) is 4.21. The van der Waals surface area contributed by atoms with Crippen LogP contribution in [0.15, 0.2) is 22.7 Å². The van der Waals surface area contributed by atoms with Crippen LogP contribution in [0.4, 0.5) is 0 Å². The van der Waals surface area contributed by atoms with Crippen LogP contribution in [-0.2, 0) is 10.2 Å². The van der Waals surface area contributed by atoms with Gasteiger partial charge < -0.3 is 5.11 Å². The first-order chi connectivity index (χ1) is 7.55. The van der Waals surface area contributed by atoms with Crippen LogP contribution in [0.25, 0.3) is 0 Å². The minimum Gasteiger partial charge on any atom is -0.481 e. The summed E-state index contributed by atoms with van der Waals surface area (Å²) in [5, 5.41) is 9.02. The number of rotatable bonds is 3. The van der Waals surface area contributed by atoms with Gasteiger partial charge in [-0.25, -0.2) is 0 Å². The first-order valence-corrected chi connectivity index (χ1v) is 6.32. The Morgan fingerprint density at radius 2 is 2.19 bits per heavy atom. The molecule has 0 aromatic heterocycles. The summed E-state index contributed by atoms with van der Waals surface area (Å²) in [7, 11) is 0. The lowest BCUT2D eigenvalue weighted by atomic mass is 9.61. The number of carbonyl (C=O) groups is 1. The number of halogens is 1. The Morgan fingerprint density at radius 3 is 2.69 bits per heavy atom. The lowest BCUT2D eigenvalue weighted by Crippen LogP contribution is -2.37. The van der Waals surface area contributed by atoms with Crippen LogP contribution in [0, 0.1) is 6.92 Å². The van der Waals surface area contributed by atoms with Crippen LogP contribution in [0.3, 0.4) is 0 Å². The molecule has 0 heterocycles. The molecule has 86 valence electrons. The van der Waals surface area contributed by atoms with Gasteiger partial charge in [-0.2, -0.15) is 0 Å². The number of benzene rings is 1. The van der Waals surface area contributed by atoms with Gasteiger partial charge in [-0.3, -0.25) is 4.79 Å². The van der Waals surface area contributed by atoms with Crippen LogP contribution >= 0.6 is 15.9 Å². The van der Waals surface area contributed by atoms with Gasteiger partial charge in [0, 0.05) is 9.89 Å². The molecule has 0 radical (unpaired) electrons. The van der Waals surface area contributed by atoms with Gasteiger partial charge in [0.1, 0.15) is 0 Å². The molecule has 0 aliphatic heterocycles. The Balaban J connectivity index is 2.40. The van der Waals surface area contributed by atoms with Crippen molar-refractivity contribution in [3.8, 4) is 0 Å². The molecule has 2 rings (SSSR count). The predicted molar refractivity (Wildman–Crippen MR) is 66.7 cm³/mol. The first-order valence-electron chi connectivity index (χ1n) is 5.52. The molecule has 1 aromatic carbocycles. The third-order valence-electron chi connectivity index (χ3n) is 3.64. The van der Waals surface area contributed by atoms with Crippen molar-refractivity contribution in [1.29, 1.82) is 0 Å². The Hall–Kier alpha value is -0.830. The van der Waals surface area contributed by atoms with E-state index in [-0.39, 0.29) is 11.8 Å². The summed E-state index contributed by atoms with van der Waals surface area (Å²) in [6.45, 7) is 2.06. The summed E-state index contributed by atoms with van der Waals surface area (Å²) in [5.74, 6) is -0.695. The van der Waals surface area contributed by atoms with E-state index in [4.69, 9.17) is 5.11 Å². The van der Waals surface area contributed by atoms with E-state index in [0.717, 1.165) is 23.7 Å². The maximum Gasteiger partial charge on any atom is 0.304 e. The van der Waals surface area contributed by atoms with Gasteiger partial charge in [0.15, 0.2) is 0 Å². The summed E-state index contributed by atoms with van der Waals surface area (Å²) in [5.41, 5.74) is 2.28. The van der Waals surface area contributed by atoms with Gasteiger partial charge in [-0.15, -0.1) is 0 Å². The van der Waals surface area contributed by atoms with Crippen LogP contribution < -0.4 is 0 Å². The molecule has 0 amide bonds. The minimum absolute atomic E-state index is 0.111. The Labute approximate surface area is 104 Å². The lowest BCUT2D eigenvalue weighted by Gasteiger charge is -2.42. The molecule has 1 aromatic rings. The van der Waals surface area contributed by atoms with Crippen molar-refractivity contribution in [1.82, 2.24) is 0 Å². The van der Waals surface area contributed by atoms with E-state index in [9.17, 15) is 4.79 Å². The summed E-state index contributed by atoms with van der Waals surface area (Å²) in [4.78, 5) is 11.0. The largest absolute Gasteiger partial charge is 0.481 e. The monoisotopic (exact) mass is 282 g/mol. The zero-order chi connectivity index (χ0) is 11.8. The number of carboxylic acids is 1. The van der Waals surface area contributed by atoms with E-state index in [0.29, 0.717) is 0 Å². The SMILES string of the molecule is Cc1c(Br)cccc1C1(CC(=O)O)CCC1. The fourth-order valence-electron chi connectivity index (χ4n) is 2.62. The fraction of sp³-hybridized carbons (Fsp3) is 0.462. The maximum atomic E-state index is 11.0. The molecule has 0 saturated heterocycles. The Bertz CT molecular complexity index is 422. The highest BCUT2D eigenvalue weighted by atomic mass is 79.9. The minimum atomic E-state index is -0.695. The maximum absolute atomic E-state index is 11.0. The fourth-order valence-corrected chi connectivity index (χ4v) is 2.98. The number of hydrogen-bond acceptors (Lipinski definition) is 1. The van der Waals surface area contributed by atoms with Crippen LogP contribution in [0.5, 0.6) is 0 Å². The van der Waals surface area contributed by atoms with Gasteiger partial charge in [0.25, 0.3) is 0 Å². The van der Waals surface area contributed by atoms with Crippen molar-refractivity contribution >= 4 is 21.9 Å². The molecular formula is C13H15BrO2. The molecule has 1 N–H and O–H groups in total. The van der Waals surface area contributed by atoms with E-state index in [1.165, 1.54) is 11.1 Å². The van der Waals surface area contributed by atoms with E-state index in [2.05, 4.69) is 28.9 Å². The van der Waals surface area contributed by atoms with Gasteiger partial charge >= 0.3 is 5.97 Å². The van der Waals surface area contributed by atoms with Crippen molar-refractivity contribution in [3.05, 3.63) is 33.8 Å². The van der Waals surface area contributed by atoms with Crippen molar-refractivity contribution in [2.45, 2.75) is 38.0 Å². The average molecular weight is 283 g/mol. The van der Waals surface area contributed by atoms with Crippen LogP contribution in [-0.4, -0.2) is 11.1 Å². The zero-order valence-electron chi connectivity index (χ0n) is 9.29. The van der Waals surface area contributed by atoms with E-state index in [1.54, 1.807) is 0 Å². The highest BCUT2D eigenvalue weighted by Gasteiger charge is 2.41. The standard InChI is InChI=1S/C13H15BrO2/c1-9-10(4-2-5-11(9)14)13(6-3-7-13)8-12(15)16/h2,4-5H,3,6-8H2,1H3,(H,15,16). The Morgan fingerprint density at radius 1 is 1.50 bits per heavy atom. The Kier molecular flexibility index (Phi) is 3.06. The van der Waals surface area contributed by atoms with Gasteiger partial charge in [-0.1, -0.05) is 34.5 Å². The molecule has 16 heavy (non-hydrogen) atoms. The van der Waals surface area contributed by atoms with Crippen LogP contribution in [0.2, 0.25) is 0 Å². The van der Waals surface area contributed by atoms with E-state index < -0.39 is 5.97 Å². The van der Waals surface area contributed by atoms with Crippen molar-refractivity contribution < 1.29 is 9.90 Å². The highest BCUT2D eigenvalue weighted by molar-refractivity contribution is 9.10. The molecule has 0 atom stereocenters. The third-order valence-corrected chi connectivity index (χ3v) is 4.50. The molecule has 0 bridgehead atoms. The number of carboxylic acid groups (broad SMARTS) is 1. The molecule has 0 unspecified atom stereocenters. The average Bonchev–Trinajstić information content (AvgIpc) is 2.16. The second-order valence-corrected chi connectivity index (χ2v) is 5.47. The normalized spacial score (nSPS) is 17.9. The first kappa shape index (κ1) is 11.6. The summed E-state index contributed by atoms with van der Waals surface area (Å²) >= 11 is 3.51. The molecule has 0 spiro atoms. The smallest absolute Gasteiger partial charge is 0.304 e. The zero-order valence-corrected chi connectivity index (χ0v) is 10.9. The highest BCUT2D eigenvalue weighted by Crippen LogP contribution is 2.48.